The molecule has 3 N–H and O–H groups in total. The van der Waals surface area contributed by atoms with Crippen LogP contribution in [0.2, 0.25) is 5.02 Å². The van der Waals surface area contributed by atoms with E-state index in [2.05, 4.69) is 15.6 Å². The summed E-state index contributed by atoms with van der Waals surface area (Å²) in [6.07, 6.45) is 0. The molecule has 0 unspecified atom stereocenters. The number of carbonyl (C=O) groups is 1. The van der Waals surface area contributed by atoms with Gasteiger partial charge in [-0.15, -0.1) is 5.10 Å². The van der Waals surface area contributed by atoms with E-state index in [0.717, 1.165) is 0 Å². The molecule has 0 aliphatic heterocycles. The van der Waals surface area contributed by atoms with E-state index in [1.165, 1.54) is 28.9 Å². The summed E-state index contributed by atoms with van der Waals surface area (Å²) >= 11 is 5.86. The molecule has 0 radical (unpaired) electrons. The zero-order valence-corrected chi connectivity index (χ0v) is 12.5. The largest absolute Gasteiger partial charge is 0.382 e. The van der Waals surface area contributed by atoms with Crippen LogP contribution in [0.5, 0.6) is 0 Å². The number of rotatable bonds is 3. The number of halogens is 2. The molecule has 0 saturated carbocycles. The topological polar surface area (TPSA) is 85.8 Å². The van der Waals surface area contributed by atoms with Gasteiger partial charge in [0.2, 0.25) is 0 Å². The van der Waals surface area contributed by atoms with Crippen molar-refractivity contribution in [3.8, 4) is 5.69 Å². The van der Waals surface area contributed by atoms with Crippen LogP contribution < -0.4 is 11.1 Å². The number of hydrogen-bond donors (Lipinski definition) is 2. The Labute approximate surface area is 135 Å². The monoisotopic (exact) mass is 331 g/mol. The first-order valence-electron chi connectivity index (χ1n) is 6.58. The van der Waals surface area contributed by atoms with Crippen LogP contribution >= 0.6 is 11.6 Å². The summed E-state index contributed by atoms with van der Waals surface area (Å²) in [5.74, 6) is -0.847. The highest BCUT2D eigenvalue weighted by Crippen LogP contribution is 2.19. The van der Waals surface area contributed by atoms with Gasteiger partial charge in [0.15, 0.2) is 11.5 Å². The van der Waals surface area contributed by atoms with E-state index in [1.807, 2.05) is 0 Å². The first-order chi connectivity index (χ1) is 11.0. The van der Waals surface area contributed by atoms with Crippen LogP contribution in [0.4, 0.5) is 15.9 Å². The van der Waals surface area contributed by atoms with Gasteiger partial charge in [-0.3, -0.25) is 4.79 Å². The van der Waals surface area contributed by atoms with Gasteiger partial charge >= 0.3 is 0 Å². The standard InChI is InChI=1S/C15H11ClFN5O/c16-9-2-1-3-11(8-9)19-15(23)13-14(18)22(21-20-13)12-6-4-10(17)5-7-12/h1-8H,18H2,(H,19,23). The Morgan fingerprint density at radius 3 is 2.65 bits per heavy atom. The van der Waals surface area contributed by atoms with E-state index in [9.17, 15) is 9.18 Å². The molecule has 23 heavy (non-hydrogen) atoms. The van der Waals surface area contributed by atoms with Crippen molar-refractivity contribution in [2.24, 2.45) is 0 Å². The molecule has 0 aliphatic rings. The third-order valence-corrected chi connectivity index (χ3v) is 3.31. The Morgan fingerprint density at radius 1 is 1.22 bits per heavy atom. The summed E-state index contributed by atoms with van der Waals surface area (Å²) in [6.45, 7) is 0. The second-order valence-electron chi connectivity index (χ2n) is 4.68. The normalized spacial score (nSPS) is 10.5. The van der Waals surface area contributed by atoms with Crippen molar-refractivity contribution in [1.29, 1.82) is 0 Å². The number of amides is 1. The van der Waals surface area contributed by atoms with E-state index in [-0.39, 0.29) is 17.3 Å². The Kier molecular flexibility index (Phi) is 3.94. The summed E-state index contributed by atoms with van der Waals surface area (Å²) in [6, 6.07) is 12.2. The molecular weight excluding hydrogens is 321 g/mol. The number of anilines is 2. The molecule has 6 nitrogen and oxygen atoms in total. The molecule has 0 spiro atoms. The number of nitrogen functional groups attached to an aromatic ring is 1. The number of nitrogens with one attached hydrogen (secondary N) is 1. The molecule has 1 heterocycles. The fourth-order valence-corrected chi connectivity index (χ4v) is 2.17. The van der Waals surface area contributed by atoms with Gasteiger partial charge in [-0.2, -0.15) is 4.68 Å². The van der Waals surface area contributed by atoms with Crippen LogP contribution in [0.1, 0.15) is 10.5 Å². The van der Waals surface area contributed by atoms with Crippen molar-refractivity contribution in [2.45, 2.75) is 0 Å². The maximum absolute atomic E-state index is 13.0. The molecule has 8 heteroatoms. The van der Waals surface area contributed by atoms with Crippen LogP contribution in [0.15, 0.2) is 48.5 Å². The second-order valence-corrected chi connectivity index (χ2v) is 5.11. The Hall–Kier alpha value is -2.93. The number of nitrogens with zero attached hydrogens (tertiary/aromatic N) is 3. The summed E-state index contributed by atoms with van der Waals surface area (Å²) in [5, 5.41) is 10.7. The average Bonchev–Trinajstić information content (AvgIpc) is 2.90. The van der Waals surface area contributed by atoms with E-state index >= 15 is 0 Å². The zero-order chi connectivity index (χ0) is 16.4. The van der Waals surface area contributed by atoms with Crippen LogP contribution in [-0.4, -0.2) is 20.9 Å². The van der Waals surface area contributed by atoms with Gasteiger partial charge in [-0.25, -0.2) is 4.39 Å². The third kappa shape index (κ3) is 3.14. The van der Waals surface area contributed by atoms with Gasteiger partial charge in [-0.05, 0) is 42.5 Å². The number of benzene rings is 2. The molecule has 2 aromatic carbocycles. The Bertz CT molecular complexity index is 863. The minimum absolute atomic E-state index is 0.0331. The lowest BCUT2D eigenvalue weighted by Gasteiger charge is -2.05. The predicted molar refractivity (Wildman–Crippen MR) is 85.1 cm³/mol. The summed E-state index contributed by atoms with van der Waals surface area (Å²) in [5.41, 5.74) is 6.89. The minimum atomic E-state index is -0.516. The maximum atomic E-state index is 13.0. The van der Waals surface area contributed by atoms with E-state index in [0.29, 0.717) is 16.4 Å². The molecule has 116 valence electrons. The highest BCUT2D eigenvalue weighted by Gasteiger charge is 2.18. The minimum Gasteiger partial charge on any atom is -0.382 e. The Balaban J connectivity index is 1.86. The fraction of sp³-hybridized carbons (Fsp3) is 0. The molecule has 0 atom stereocenters. The van der Waals surface area contributed by atoms with Crippen LogP contribution in [0.3, 0.4) is 0 Å². The van der Waals surface area contributed by atoms with Crippen molar-refractivity contribution in [1.82, 2.24) is 15.0 Å². The van der Waals surface area contributed by atoms with Crippen molar-refractivity contribution in [3.05, 3.63) is 65.1 Å². The fourth-order valence-electron chi connectivity index (χ4n) is 1.98. The number of carbonyl (C=O) groups excluding carboxylic acids is 1. The SMILES string of the molecule is Nc1c(C(=O)Nc2cccc(Cl)c2)nnn1-c1ccc(F)cc1. The number of nitrogens with two attached hydrogens (primary N) is 1. The predicted octanol–water partition coefficient (Wildman–Crippen LogP) is 2.89. The van der Waals surface area contributed by atoms with Gasteiger partial charge < -0.3 is 11.1 Å². The second kappa shape index (κ2) is 6.05. The molecule has 0 aliphatic carbocycles. The highest BCUT2D eigenvalue weighted by atomic mass is 35.5. The molecule has 1 aromatic heterocycles. The molecule has 0 saturated heterocycles. The van der Waals surface area contributed by atoms with E-state index < -0.39 is 5.91 Å². The maximum Gasteiger partial charge on any atom is 0.280 e. The average molecular weight is 332 g/mol. The van der Waals surface area contributed by atoms with Gasteiger partial charge in [0.25, 0.3) is 5.91 Å². The lowest BCUT2D eigenvalue weighted by molar-refractivity contribution is 0.102. The van der Waals surface area contributed by atoms with Crippen molar-refractivity contribution < 1.29 is 9.18 Å². The van der Waals surface area contributed by atoms with E-state index in [1.54, 1.807) is 24.3 Å². The van der Waals surface area contributed by atoms with Crippen LogP contribution in [0.25, 0.3) is 5.69 Å². The summed E-state index contributed by atoms with van der Waals surface area (Å²) in [4.78, 5) is 12.2. The van der Waals surface area contributed by atoms with E-state index in [4.69, 9.17) is 17.3 Å². The van der Waals surface area contributed by atoms with Gasteiger partial charge in [-0.1, -0.05) is 22.9 Å². The lowest BCUT2D eigenvalue weighted by atomic mass is 10.3. The van der Waals surface area contributed by atoms with Gasteiger partial charge in [0.05, 0.1) is 5.69 Å². The van der Waals surface area contributed by atoms with Gasteiger partial charge in [0, 0.05) is 10.7 Å². The molecule has 3 aromatic rings. The first kappa shape index (κ1) is 15.0. The van der Waals surface area contributed by atoms with Crippen molar-refractivity contribution >= 4 is 29.0 Å². The Morgan fingerprint density at radius 2 is 1.96 bits per heavy atom. The first-order valence-corrected chi connectivity index (χ1v) is 6.96. The van der Waals surface area contributed by atoms with Gasteiger partial charge in [0.1, 0.15) is 5.82 Å². The smallest absolute Gasteiger partial charge is 0.280 e. The van der Waals surface area contributed by atoms with Crippen molar-refractivity contribution in [2.75, 3.05) is 11.1 Å². The molecule has 0 fully saturated rings. The number of hydrogen-bond acceptors (Lipinski definition) is 4. The van der Waals surface area contributed by atoms with Crippen LogP contribution in [-0.2, 0) is 0 Å². The third-order valence-electron chi connectivity index (χ3n) is 3.07. The van der Waals surface area contributed by atoms with Crippen LogP contribution in [0, 0.1) is 5.82 Å². The van der Waals surface area contributed by atoms with Crippen molar-refractivity contribution in [3.63, 3.8) is 0 Å². The molecular formula is C15H11ClFN5O. The quantitative estimate of drug-likeness (QED) is 0.772. The summed E-state index contributed by atoms with van der Waals surface area (Å²) < 4.78 is 14.2. The number of aromatic nitrogens is 3. The molecule has 0 bridgehead atoms. The zero-order valence-electron chi connectivity index (χ0n) is 11.7. The molecule has 3 rings (SSSR count). The molecule has 1 amide bonds. The lowest BCUT2D eigenvalue weighted by Crippen LogP contribution is -2.15. The summed E-state index contributed by atoms with van der Waals surface area (Å²) in [7, 11) is 0. The highest BCUT2D eigenvalue weighted by molar-refractivity contribution is 6.31.